The van der Waals surface area contributed by atoms with Gasteiger partial charge in [-0.2, -0.15) is 0 Å². The van der Waals surface area contributed by atoms with Crippen LogP contribution in [-0.2, 0) is 0 Å². The summed E-state index contributed by atoms with van der Waals surface area (Å²) in [6.45, 7) is 0. The van der Waals surface area contributed by atoms with Crippen molar-refractivity contribution < 1.29 is 4.42 Å². The second kappa shape index (κ2) is 9.65. The molecule has 5 rings (SSSR count). The van der Waals surface area contributed by atoms with Crippen LogP contribution < -0.4 is 0 Å². The summed E-state index contributed by atoms with van der Waals surface area (Å²) in [5, 5.41) is 0. The van der Waals surface area contributed by atoms with Gasteiger partial charge in [0, 0.05) is 26.9 Å². The van der Waals surface area contributed by atoms with Crippen molar-refractivity contribution in [3.63, 3.8) is 0 Å². The molecule has 0 fully saturated rings. The maximum Gasteiger partial charge on any atom is 0.227 e. The predicted octanol–water partition coefficient (Wildman–Crippen LogP) is 8.52. The van der Waals surface area contributed by atoms with E-state index in [0.29, 0.717) is 5.89 Å². The van der Waals surface area contributed by atoms with Crippen LogP contribution in [0.15, 0.2) is 114 Å². The molecule has 0 saturated heterocycles. The molecule has 0 saturated carbocycles. The summed E-state index contributed by atoms with van der Waals surface area (Å²) >= 11 is 6.88. The second-order valence-electron chi connectivity index (χ2n) is 7.34. The number of halogens is 2. The zero-order valence-electron chi connectivity index (χ0n) is 17.3. The molecule has 0 amide bonds. The van der Waals surface area contributed by atoms with Crippen LogP contribution in [0.2, 0.25) is 0 Å². The molecule has 0 aliphatic rings. The van der Waals surface area contributed by atoms with E-state index in [4.69, 9.17) is 4.42 Å². The Morgan fingerprint density at radius 2 is 1.18 bits per heavy atom. The fraction of sp³-hybridized carbons (Fsp3) is 0. The fourth-order valence-electron chi connectivity index (χ4n) is 3.21. The van der Waals surface area contributed by atoms with Crippen molar-refractivity contribution in [3.8, 4) is 11.5 Å². The molecule has 1 heterocycles. The van der Waals surface area contributed by atoms with E-state index < -0.39 is 0 Å². The van der Waals surface area contributed by atoms with Crippen molar-refractivity contribution in [2.45, 2.75) is 0 Å². The van der Waals surface area contributed by atoms with E-state index in [1.165, 1.54) is 0 Å². The van der Waals surface area contributed by atoms with E-state index in [0.717, 1.165) is 48.1 Å². The lowest BCUT2D eigenvalue weighted by atomic mass is 10.2. The quantitative estimate of drug-likeness (QED) is 0.203. The summed E-state index contributed by atoms with van der Waals surface area (Å²) in [4.78, 5) is 13.7. The van der Waals surface area contributed by atoms with E-state index in [-0.39, 0.29) is 0 Å². The number of aromatic nitrogens is 1. The molecule has 0 unspecified atom stereocenters. The molecule has 160 valence electrons. The summed E-state index contributed by atoms with van der Waals surface area (Å²) in [7, 11) is 0. The molecule has 5 aromatic rings. The highest BCUT2D eigenvalue weighted by atomic mass is 79.9. The molecular formula is C27H17Br2N3O. The minimum atomic E-state index is 0.572. The van der Waals surface area contributed by atoms with Gasteiger partial charge in [0.05, 0.1) is 11.4 Å². The minimum Gasteiger partial charge on any atom is -0.436 e. The summed E-state index contributed by atoms with van der Waals surface area (Å²) in [6, 6.07) is 29.6. The molecule has 0 aliphatic carbocycles. The van der Waals surface area contributed by atoms with Gasteiger partial charge in [0.25, 0.3) is 0 Å². The standard InChI is InChI=1S/C27H17Br2N3O/c28-21-7-1-18(2-8-21)16-30-23-11-5-20(6-12-23)27-32-25-15-24(13-14-26(25)33-27)31-17-19-3-9-22(29)10-4-19/h1-17H. The molecule has 33 heavy (non-hydrogen) atoms. The van der Waals surface area contributed by atoms with Crippen LogP contribution in [0.3, 0.4) is 0 Å². The summed E-state index contributed by atoms with van der Waals surface area (Å²) in [6.07, 6.45) is 3.68. The molecule has 4 nitrogen and oxygen atoms in total. The topological polar surface area (TPSA) is 50.8 Å². The molecule has 0 radical (unpaired) electrons. The Kier molecular flexibility index (Phi) is 6.28. The first kappa shape index (κ1) is 21.5. The minimum absolute atomic E-state index is 0.572. The number of fused-ring (bicyclic) bond motifs is 1. The van der Waals surface area contributed by atoms with Gasteiger partial charge in [0.2, 0.25) is 5.89 Å². The Labute approximate surface area is 208 Å². The van der Waals surface area contributed by atoms with Gasteiger partial charge < -0.3 is 4.42 Å². The van der Waals surface area contributed by atoms with Crippen LogP contribution in [0.1, 0.15) is 11.1 Å². The number of hydrogen-bond acceptors (Lipinski definition) is 4. The lowest BCUT2D eigenvalue weighted by Crippen LogP contribution is -1.80. The lowest BCUT2D eigenvalue weighted by Gasteiger charge is -1.97. The molecule has 1 aromatic heterocycles. The van der Waals surface area contributed by atoms with Crippen LogP contribution in [0.25, 0.3) is 22.6 Å². The zero-order chi connectivity index (χ0) is 22.6. The molecule has 6 heteroatoms. The first-order valence-electron chi connectivity index (χ1n) is 10.2. The van der Waals surface area contributed by atoms with Crippen LogP contribution in [0.5, 0.6) is 0 Å². The number of benzene rings is 4. The summed E-state index contributed by atoms with van der Waals surface area (Å²) in [5.74, 6) is 0.572. The monoisotopic (exact) mass is 557 g/mol. The van der Waals surface area contributed by atoms with Crippen LogP contribution >= 0.6 is 31.9 Å². The van der Waals surface area contributed by atoms with Crippen molar-refractivity contribution in [2.75, 3.05) is 0 Å². The average molecular weight is 559 g/mol. The van der Waals surface area contributed by atoms with E-state index in [1.54, 1.807) is 0 Å². The molecule has 0 aliphatic heterocycles. The zero-order valence-corrected chi connectivity index (χ0v) is 20.5. The van der Waals surface area contributed by atoms with Gasteiger partial charge >= 0.3 is 0 Å². The van der Waals surface area contributed by atoms with Gasteiger partial charge in [0.15, 0.2) is 5.58 Å². The van der Waals surface area contributed by atoms with Crippen LogP contribution in [-0.4, -0.2) is 17.4 Å². The van der Waals surface area contributed by atoms with E-state index in [9.17, 15) is 0 Å². The fourth-order valence-corrected chi connectivity index (χ4v) is 3.73. The van der Waals surface area contributed by atoms with Gasteiger partial charge in [-0.1, -0.05) is 56.1 Å². The van der Waals surface area contributed by atoms with Crippen molar-refractivity contribution in [3.05, 3.63) is 111 Å². The van der Waals surface area contributed by atoms with Crippen LogP contribution in [0, 0.1) is 0 Å². The number of rotatable bonds is 5. The Morgan fingerprint density at radius 1 is 0.636 bits per heavy atom. The highest BCUT2D eigenvalue weighted by Crippen LogP contribution is 2.28. The van der Waals surface area contributed by atoms with Crippen molar-refractivity contribution in [1.29, 1.82) is 0 Å². The normalized spacial score (nSPS) is 11.7. The highest BCUT2D eigenvalue weighted by molar-refractivity contribution is 9.10. The van der Waals surface area contributed by atoms with Gasteiger partial charge in [0.1, 0.15) is 5.52 Å². The first-order valence-corrected chi connectivity index (χ1v) is 11.8. The maximum atomic E-state index is 5.95. The Balaban J connectivity index is 1.33. The molecule has 0 bridgehead atoms. The van der Waals surface area contributed by atoms with Crippen molar-refractivity contribution in [2.24, 2.45) is 9.98 Å². The van der Waals surface area contributed by atoms with Gasteiger partial charge in [-0.05, 0) is 77.9 Å². The van der Waals surface area contributed by atoms with Gasteiger partial charge in [-0.3, -0.25) is 9.98 Å². The molecule has 0 N–H and O–H groups in total. The molecule has 0 spiro atoms. The average Bonchev–Trinajstić information content (AvgIpc) is 3.27. The third-order valence-corrected chi connectivity index (χ3v) is 6.01. The van der Waals surface area contributed by atoms with Crippen molar-refractivity contribution in [1.82, 2.24) is 4.98 Å². The number of oxazole rings is 1. The van der Waals surface area contributed by atoms with E-state index >= 15 is 0 Å². The molecule has 0 atom stereocenters. The lowest BCUT2D eigenvalue weighted by molar-refractivity contribution is 0.620. The third-order valence-electron chi connectivity index (χ3n) is 4.95. The SMILES string of the molecule is Brc1ccc(C=Nc2ccc(-c3nc4cc(N=Cc5ccc(Br)cc5)ccc4o3)cc2)cc1. The summed E-state index contributed by atoms with van der Waals surface area (Å²) < 4.78 is 8.04. The third kappa shape index (κ3) is 5.35. The Morgan fingerprint density at radius 3 is 1.79 bits per heavy atom. The molecule has 4 aromatic carbocycles. The maximum absolute atomic E-state index is 5.95. The highest BCUT2D eigenvalue weighted by Gasteiger charge is 2.09. The van der Waals surface area contributed by atoms with Crippen molar-refractivity contribution >= 4 is 66.8 Å². The van der Waals surface area contributed by atoms with E-state index in [2.05, 4.69) is 46.8 Å². The van der Waals surface area contributed by atoms with Gasteiger partial charge in [-0.15, -0.1) is 0 Å². The number of aliphatic imine (C=N–C) groups is 2. The Hall–Kier alpha value is -3.35. The predicted molar refractivity (Wildman–Crippen MR) is 142 cm³/mol. The smallest absolute Gasteiger partial charge is 0.227 e. The Bertz CT molecular complexity index is 1450. The number of nitrogens with zero attached hydrogens (tertiary/aromatic N) is 3. The van der Waals surface area contributed by atoms with Crippen LogP contribution in [0.4, 0.5) is 11.4 Å². The second-order valence-corrected chi connectivity index (χ2v) is 9.17. The first-order chi connectivity index (χ1) is 16.1. The van der Waals surface area contributed by atoms with E-state index in [1.807, 2.05) is 103 Å². The number of hydrogen-bond donors (Lipinski definition) is 0. The molecular weight excluding hydrogens is 542 g/mol. The van der Waals surface area contributed by atoms with Gasteiger partial charge in [-0.25, -0.2) is 4.98 Å². The summed E-state index contributed by atoms with van der Waals surface area (Å²) in [5.41, 5.74) is 6.15. The largest absolute Gasteiger partial charge is 0.436 e.